The van der Waals surface area contributed by atoms with Gasteiger partial charge < -0.3 is 10.4 Å². The molecule has 1 saturated carbocycles. The summed E-state index contributed by atoms with van der Waals surface area (Å²) in [5.74, 6) is -0.967. The number of carboxylic acids is 1. The van der Waals surface area contributed by atoms with E-state index in [9.17, 15) is 9.59 Å². The molecule has 0 heterocycles. The van der Waals surface area contributed by atoms with Gasteiger partial charge in [-0.15, -0.1) is 0 Å². The van der Waals surface area contributed by atoms with E-state index in [1.54, 1.807) is 0 Å². The molecule has 0 atom stereocenters. The van der Waals surface area contributed by atoms with E-state index < -0.39 is 11.5 Å². The van der Waals surface area contributed by atoms with Crippen molar-refractivity contribution in [3.05, 3.63) is 60.2 Å². The topological polar surface area (TPSA) is 66.4 Å². The van der Waals surface area contributed by atoms with Crippen LogP contribution in [0, 0.1) is 0 Å². The molecule has 0 aromatic heterocycles. The minimum absolute atomic E-state index is 0.00564. The van der Waals surface area contributed by atoms with E-state index in [-0.39, 0.29) is 18.7 Å². The number of carbonyl (C=O) groups is 2. The van der Waals surface area contributed by atoms with E-state index in [0.29, 0.717) is 0 Å². The van der Waals surface area contributed by atoms with Crippen LogP contribution in [-0.2, 0) is 16.0 Å². The molecule has 24 heavy (non-hydrogen) atoms. The lowest BCUT2D eigenvalue weighted by Gasteiger charge is -2.41. The van der Waals surface area contributed by atoms with Crippen molar-refractivity contribution in [3.8, 4) is 11.1 Å². The van der Waals surface area contributed by atoms with E-state index >= 15 is 0 Å². The van der Waals surface area contributed by atoms with E-state index in [1.807, 2.05) is 54.6 Å². The molecular weight excluding hydrogens is 302 g/mol. The fourth-order valence-electron chi connectivity index (χ4n) is 3.21. The van der Waals surface area contributed by atoms with Crippen molar-refractivity contribution in [2.24, 2.45) is 0 Å². The van der Waals surface area contributed by atoms with Gasteiger partial charge in [0.2, 0.25) is 5.91 Å². The highest BCUT2D eigenvalue weighted by molar-refractivity contribution is 5.81. The lowest BCUT2D eigenvalue weighted by Crippen LogP contribution is -2.55. The third-order valence-corrected chi connectivity index (χ3v) is 4.63. The number of aliphatic carboxylic acids is 1. The third kappa shape index (κ3) is 3.82. The van der Waals surface area contributed by atoms with Crippen molar-refractivity contribution in [1.82, 2.24) is 5.32 Å². The summed E-state index contributed by atoms with van der Waals surface area (Å²) in [4.78, 5) is 23.2. The van der Waals surface area contributed by atoms with E-state index in [0.717, 1.165) is 36.0 Å². The Balaban J connectivity index is 1.61. The predicted molar refractivity (Wildman–Crippen MR) is 92.6 cm³/mol. The second-order valence-electron chi connectivity index (χ2n) is 6.49. The van der Waals surface area contributed by atoms with Crippen LogP contribution in [0.25, 0.3) is 11.1 Å². The van der Waals surface area contributed by atoms with E-state index in [4.69, 9.17) is 5.11 Å². The van der Waals surface area contributed by atoms with Crippen LogP contribution in [-0.4, -0.2) is 22.5 Å². The Morgan fingerprint density at radius 2 is 1.58 bits per heavy atom. The fourth-order valence-corrected chi connectivity index (χ4v) is 3.21. The molecule has 2 aromatic carbocycles. The number of amides is 1. The summed E-state index contributed by atoms with van der Waals surface area (Å²) in [5, 5.41) is 11.9. The first kappa shape index (κ1) is 16.2. The molecule has 2 aromatic rings. The van der Waals surface area contributed by atoms with Gasteiger partial charge in [-0.3, -0.25) is 9.59 Å². The minimum Gasteiger partial charge on any atom is -0.481 e. The quantitative estimate of drug-likeness (QED) is 0.856. The van der Waals surface area contributed by atoms with Gasteiger partial charge in [0.25, 0.3) is 0 Å². The van der Waals surface area contributed by atoms with Gasteiger partial charge >= 0.3 is 5.97 Å². The van der Waals surface area contributed by atoms with Crippen molar-refractivity contribution >= 4 is 11.9 Å². The predicted octanol–water partition coefficient (Wildman–Crippen LogP) is 3.41. The zero-order valence-corrected chi connectivity index (χ0v) is 13.5. The molecule has 0 bridgehead atoms. The molecule has 4 heteroatoms. The third-order valence-electron chi connectivity index (χ3n) is 4.63. The molecular formula is C20H21NO3. The molecule has 0 saturated heterocycles. The Kier molecular flexibility index (Phi) is 4.65. The first-order valence-corrected chi connectivity index (χ1v) is 8.24. The second kappa shape index (κ2) is 6.87. The number of hydrogen-bond acceptors (Lipinski definition) is 2. The van der Waals surface area contributed by atoms with Gasteiger partial charge in [0.05, 0.1) is 18.4 Å². The van der Waals surface area contributed by atoms with Gasteiger partial charge in [0, 0.05) is 0 Å². The van der Waals surface area contributed by atoms with Gasteiger partial charge in [0.15, 0.2) is 0 Å². The van der Waals surface area contributed by atoms with Gasteiger partial charge in [-0.25, -0.2) is 0 Å². The van der Waals surface area contributed by atoms with Crippen molar-refractivity contribution < 1.29 is 14.7 Å². The fraction of sp³-hybridized carbons (Fsp3) is 0.300. The highest BCUT2D eigenvalue weighted by Gasteiger charge is 2.40. The first-order valence-electron chi connectivity index (χ1n) is 8.24. The zero-order chi connectivity index (χ0) is 17.0. The zero-order valence-electron chi connectivity index (χ0n) is 13.5. The molecule has 124 valence electrons. The van der Waals surface area contributed by atoms with Gasteiger partial charge in [0.1, 0.15) is 0 Å². The molecule has 0 unspecified atom stereocenters. The minimum atomic E-state index is -0.859. The van der Waals surface area contributed by atoms with Crippen LogP contribution in [0.4, 0.5) is 0 Å². The lowest BCUT2D eigenvalue weighted by atomic mass is 9.74. The van der Waals surface area contributed by atoms with Crippen molar-refractivity contribution in [2.75, 3.05) is 0 Å². The maximum atomic E-state index is 12.3. The average Bonchev–Trinajstić information content (AvgIpc) is 2.54. The van der Waals surface area contributed by atoms with E-state index in [2.05, 4.69) is 5.32 Å². The largest absolute Gasteiger partial charge is 0.481 e. The molecule has 1 aliphatic carbocycles. The van der Waals surface area contributed by atoms with Crippen molar-refractivity contribution in [2.45, 2.75) is 37.6 Å². The van der Waals surface area contributed by atoms with Crippen LogP contribution in [0.3, 0.4) is 0 Å². The highest BCUT2D eigenvalue weighted by atomic mass is 16.4. The highest BCUT2D eigenvalue weighted by Crippen LogP contribution is 2.35. The number of nitrogens with one attached hydrogen (secondary N) is 1. The van der Waals surface area contributed by atoms with Crippen LogP contribution in [0.5, 0.6) is 0 Å². The summed E-state index contributed by atoms with van der Waals surface area (Å²) >= 11 is 0. The Morgan fingerprint density at radius 3 is 2.12 bits per heavy atom. The summed E-state index contributed by atoms with van der Waals surface area (Å²) in [5.41, 5.74) is 2.65. The van der Waals surface area contributed by atoms with Gasteiger partial charge in [-0.1, -0.05) is 54.6 Å². The molecule has 0 aliphatic heterocycles. The van der Waals surface area contributed by atoms with Crippen molar-refractivity contribution in [1.29, 1.82) is 0 Å². The summed E-state index contributed by atoms with van der Waals surface area (Å²) in [6, 6.07) is 18.0. The van der Waals surface area contributed by atoms with E-state index in [1.165, 1.54) is 0 Å². The number of carbonyl (C=O) groups excluding carboxylic acids is 1. The monoisotopic (exact) mass is 323 g/mol. The number of hydrogen-bond donors (Lipinski definition) is 2. The molecule has 1 amide bonds. The SMILES string of the molecule is O=C(O)CC1(NC(=O)Cc2ccc(-c3ccccc3)cc2)CCC1. The molecule has 0 spiro atoms. The maximum absolute atomic E-state index is 12.3. The van der Waals surface area contributed by atoms with Crippen molar-refractivity contribution in [3.63, 3.8) is 0 Å². The number of rotatable bonds is 6. The second-order valence-corrected chi connectivity index (χ2v) is 6.49. The van der Waals surface area contributed by atoms with Crippen LogP contribution >= 0.6 is 0 Å². The summed E-state index contributed by atoms with van der Waals surface area (Å²) < 4.78 is 0. The Labute approximate surface area is 141 Å². The summed E-state index contributed by atoms with van der Waals surface area (Å²) in [7, 11) is 0. The molecule has 3 rings (SSSR count). The Morgan fingerprint density at radius 1 is 0.958 bits per heavy atom. The van der Waals surface area contributed by atoms with Gasteiger partial charge in [-0.2, -0.15) is 0 Å². The standard InChI is InChI=1S/C20H21NO3/c22-18(21-20(11-4-12-20)14-19(23)24)13-15-7-9-17(10-8-15)16-5-2-1-3-6-16/h1-3,5-10H,4,11-14H2,(H,21,22)(H,23,24). The molecule has 0 radical (unpaired) electrons. The molecule has 1 aliphatic rings. The van der Waals surface area contributed by atoms with Crippen LogP contribution in [0.1, 0.15) is 31.2 Å². The Hall–Kier alpha value is -2.62. The van der Waals surface area contributed by atoms with Crippen LogP contribution < -0.4 is 5.32 Å². The summed E-state index contributed by atoms with van der Waals surface area (Å²) in [6.45, 7) is 0. The smallest absolute Gasteiger partial charge is 0.305 e. The Bertz CT molecular complexity index is 718. The van der Waals surface area contributed by atoms with Crippen LogP contribution in [0.15, 0.2) is 54.6 Å². The number of benzene rings is 2. The number of carboxylic acid groups (broad SMARTS) is 1. The average molecular weight is 323 g/mol. The van der Waals surface area contributed by atoms with Gasteiger partial charge in [-0.05, 0) is 36.0 Å². The lowest BCUT2D eigenvalue weighted by molar-refractivity contribution is -0.140. The summed E-state index contributed by atoms with van der Waals surface area (Å²) in [6.07, 6.45) is 2.75. The van der Waals surface area contributed by atoms with Crippen LogP contribution in [0.2, 0.25) is 0 Å². The normalized spacial score (nSPS) is 15.3. The molecule has 2 N–H and O–H groups in total. The maximum Gasteiger partial charge on any atom is 0.305 e. The molecule has 4 nitrogen and oxygen atoms in total. The molecule has 1 fully saturated rings. The first-order chi connectivity index (χ1) is 11.6.